The molecule has 1 aliphatic rings. The van der Waals surface area contributed by atoms with Gasteiger partial charge in [0, 0.05) is 45.2 Å². The van der Waals surface area contributed by atoms with Gasteiger partial charge in [0.15, 0.2) is 5.96 Å². The summed E-state index contributed by atoms with van der Waals surface area (Å²) in [6.45, 7) is 11.5. The first-order chi connectivity index (χ1) is 12.7. The average Bonchev–Trinajstić information content (AvgIpc) is 3.04. The van der Waals surface area contributed by atoms with Gasteiger partial charge in [0.2, 0.25) is 5.91 Å². The first-order valence-corrected chi connectivity index (χ1v) is 9.93. The Bertz CT molecular complexity index is 522. The van der Waals surface area contributed by atoms with Crippen LogP contribution in [0.25, 0.3) is 0 Å². The molecule has 164 valence electrons. The van der Waals surface area contributed by atoms with Crippen LogP contribution in [0.1, 0.15) is 60.3 Å². The number of rotatable bonds is 7. The van der Waals surface area contributed by atoms with E-state index in [4.69, 9.17) is 4.74 Å². The van der Waals surface area contributed by atoms with E-state index in [-0.39, 0.29) is 42.0 Å². The van der Waals surface area contributed by atoms with Crippen LogP contribution in [0.3, 0.4) is 0 Å². The van der Waals surface area contributed by atoms with Crippen molar-refractivity contribution in [1.29, 1.82) is 0 Å². The summed E-state index contributed by atoms with van der Waals surface area (Å²) < 4.78 is 5.34. The van der Waals surface area contributed by atoms with E-state index in [1.165, 1.54) is 0 Å². The van der Waals surface area contributed by atoms with Gasteiger partial charge in [-0.25, -0.2) is 4.79 Å². The molecule has 9 heteroatoms. The molecule has 2 unspecified atom stereocenters. The highest BCUT2D eigenvalue weighted by Gasteiger charge is 2.26. The summed E-state index contributed by atoms with van der Waals surface area (Å²) in [5, 5.41) is 9.56. The van der Waals surface area contributed by atoms with Crippen LogP contribution in [0.2, 0.25) is 0 Å². The number of halogens is 1. The lowest BCUT2D eigenvalue weighted by atomic mass is 10.1. The van der Waals surface area contributed by atoms with E-state index in [1.54, 1.807) is 7.05 Å². The second kappa shape index (κ2) is 13.1. The minimum Gasteiger partial charge on any atom is -0.444 e. The summed E-state index contributed by atoms with van der Waals surface area (Å²) in [5.41, 5.74) is -0.518. The smallest absolute Gasteiger partial charge is 0.407 e. The van der Waals surface area contributed by atoms with E-state index in [2.05, 4.69) is 27.9 Å². The molecule has 0 aliphatic carbocycles. The van der Waals surface area contributed by atoms with Gasteiger partial charge in [-0.1, -0.05) is 20.3 Å². The van der Waals surface area contributed by atoms with Gasteiger partial charge in [0.1, 0.15) is 5.60 Å². The third kappa shape index (κ3) is 10.3. The number of carbonyl (C=O) groups excluding carboxylic acids is 2. The van der Waals surface area contributed by atoms with Crippen molar-refractivity contribution in [3.05, 3.63) is 0 Å². The Balaban J connectivity index is 0.00000729. The number of carbonyl (C=O) groups is 2. The van der Waals surface area contributed by atoms with Crippen LogP contribution >= 0.6 is 24.0 Å². The van der Waals surface area contributed by atoms with Gasteiger partial charge < -0.3 is 25.6 Å². The van der Waals surface area contributed by atoms with Crippen LogP contribution in [0.15, 0.2) is 4.99 Å². The molecule has 0 spiro atoms. The van der Waals surface area contributed by atoms with Gasteiger partial charge in [-0.05, 0) is 33.6 Å². The van der Waals surface area contributed by atoms with Crippen LogP contribution in [-0.4, -0.2) is 67.2 Å². The van der Waals surface area contributed by atoms with Crippen LogP contribution in [-0.2, 0) is 9.53 Å². The third-order valence-corrected chi connectivity index (χ3v) is 4.28. The highest BCUT2D eigenvalue weighted by molar-refractivity contribution is 14.0. The van der Waals surface area contributed by atoms with Crippen LogP contribution in [0, 0.1) is 0 Å². The van der Waals surface area contributed by atoms with Gasteiger partial charge in [-0.2, -0.15) is 0 Å². The summed E-state index contributed by atoms with van der Waals surface area (Å²) in [7, 11) is 1.72. The molecule has 1 heterocycles. The zero-order chi connectivity index (χ0) is 20.4. The minimum atomic E-state index is -0.518. The van der Waals surface area contributed by atoms with Gasteiger partial charge in [-0.3, -0.25) is 9.79 Å². The predicted octanol–water partition coefficient (Wildman–Crippen LogP) is 2.47. The summed E-state index contributed by atoms with van der Waals surface area (Å²) in [4.78, 5) is 30.0. The standard InChI is InChI=1S/C19H37N5O3.HI/c1-7-9-14(23-18(26)27-19(3,4)5)12-21-17(20-6)22-15-10-11-24(13-15)16(25)8-2;/h14-15H,7-13H2,1-6H3,(H,23,26)(H2,20,21,22);1H. The second-order valence-electron chi connectivity index (χ2n) is 7.91. The van der Waals surface area contributed by atoms with Crippen LogP contribution < -0.4 is 16.0 Å². The molecule has 0 radical (unpaired) electrons. The van der Waals surface area contributed by atoms with Crippen molar-refractivity contribution in [3.63, 3.8) is 0 Å². The molecule has 0 aromatic heterocycles. The van der Waals surface area contributed by atoms with Gasteiger partial charge >= 0.3 is 6.09 Å². The number of alkyl carbamates (subject to hydrolysis) is 1. The molecule has 1 saturated heterocycles. The molecule has 0 aromatic carbocycles. The van der Waals surface area contributed by atoms with Crippen molar-refractivity contribution >= 4 is 41.9 Å². The number of ether oxygens (including phenoxy) is 1. The molecule has 1 fully saturated rings. The van der Waals surface area contributed by atoms with Crippen molar-refractivity contribution in [3.8, 4) is 0 Å². The van der Waals surface area contributed by atoms with Gasteiger partial charge in [-0.15, -0.1) is 24.0 Å². The summed E-state index contributed by atoms with van der Waals surface area (Å²) >= 11 is 0. The number of aliphatic imine (C=N–C) groups is 1. The fourth-order valence-electron chi connectivity index (χ4n) is 2.98. The fourth-order valence-corrected chi connectivity index (χ4v) is 2.98. The van der Waals surface area contributed by atoms with Crippen molar-refractivity contribution in [2.24, 2.45) is 4.99 Å². The molecule has 1 aliphatic heterocycles. The normalized spacial score (nSPS) is 18.1. The number of hydrogen-bond acceptors (Lipinski definition) is 4. The van der Waals surface area contributed by atoms with Crippen LogP contribution in [0.5, 0.6) is 0 Å². The summed E-state index contributed by atoms with van der Waals surface area (Å²) in [6.07, 6.45) is 2.82. The van der Waals surface area contributed by atoms with Crippen molar-refractivity contribution in [2.75, 3.05) is 26.7 Å². The van der Waals surface area contributed by atoms with Crippen molar-refractivity contribution < 1.29 is 14.3 Å². The monoisotopic (exact) mass is 511 g/mol. The van der Waals surface area contributed by atoms with E-state index in [9.17, 15) is 9.59 Å². The fraction of sp³-hybridized carbons (Fsp3) is 0.842. The maximum absolute atomic E-state index is 12.0. The maximum Gasteiger partial charge on any atom is 0.407 e. The molecular formula is C19H38IN5O3. The molecule has 28 heavy (non-hydrogen) atoms. The van der Waals surface area contributed by atoms with Gasteiger partial charge in [0.25, 0.3) is 0 Å². The molecule has 0 saturated carbocycles. The maximum atomic E-state index is 12.0. The van der Waals surface area contributed by atoms with E-state index in [0.29, 0.717) is 25.5 Å². The number of guanidine groups is 1. The third-order valence-electron chi connectivity index (χ3n) is 4.28. The lowest BCUT2D eigenvalue weighted by Crippen LogP contribution is -2.50. The molecule has 1 rings (SSSR count). The highest BCUT2D eigenvalue weighted by Crippen LogP contribution is 2.10. The van der Waals surface area contributed by atoms with Crippen molar-refractivity contribution in [2.45, 2.75) is 78.0 Å². The van der Waals surface area contributed by atoms with E-state index >= 15 is 0 Å². The molecule has 2 amide bonds. The van der Waals surface area contributed by atoms with E-state index in [1.807, 2.05) is 32.6 Å². The number of nitrogens with zero attached hydrogens (tertiary/aromatic N) is 2. The molecule has 0 bridgehead atoms. The topological polar surface area (TPSA) is 95.1 Å². The summed E-state index contributed by atoms with van der Waals surface area (Å²) in [6, 6.07) is 0.139. The minimum absolute atomic E-state index is 0. The number of nitrogens with one attached hydrogen (secondary N) is 3. The Labute approximate surface area is 186 Å². The van der Waals surface area contributed by atoms with Crippen LogP contribution in [0.4, 0.5) is 4.79 Å². The second-order valence-corrected chi connectivity index (χ2v) is 7.91. The van der Waals surface area contributed by atoms with E-state index < -0.39 is 11.7 Å². The zero-order valence-electron chi connectivity index (χ0n) is 18.1. The predicted molar refractivity (Wildman–Crippen MR) is 123 cm³/mol. The molecule has 2 atom stereocenters. The SMILES string of the molecule is CCCC(CNC(=NC)NC1CCN(C(=O)CC)C1)NC(=O)OC(C)(C)C.I. The molecule has 8 nitrogen and oxygen atoms in total. The zero-order valence-corrected chi connectivity index (χ0v) is 20.5. The number of likely N-dealkylation sites (tertiary alicyclic amines) is 1. The highest BCUT2D eigenvalue weighted by atomic mass is 127. The first-order valence-electron chi connectivity index (χ1n) is 9.93. The first kappa shape index (κ1) is 26.7. The van der Waals surface area contributed by atoms with E-state index in [0.717, 1.165) is 25.8 Å². The van der Waals surface area contributed by atoms with Gasteiger partial charge in [0.05, 0.1) is 0 Å². The summed E-state index contributed by atoms with van der Waals surface area (Å²) in [5.74, 6) is 0.865. The molecular weight excluding hydrogens is 473 g/mol. The molecule has 3 N–H and O–H groups in total. The Hall–Kier alpha value is -1.26. The average molecular weight is 511 g/mol. The largest absolute Gasteiger partial charge is 0.444 e. The number of hydrogen-bond donors (Lipinski definition) is 3. The number of amides is 2. The lowest BCUT2D eigenvalue weighted by molar-refractivity contribution is -0.129. The van der Waals surface area contributed by atoms with Crippen molar-refractivity contribution in [1.82, 2.24) is 20.9 Å². The Morgan fingerprint density at radius 2 is 1.96 bits per heavy atom. The Morgan fingerprint density at radius 1 is 1.29 bits per heavy atom. The quantitative estimate of drug-likeness (QED) is 0.278. The lowest BCUT2D eigenvalue weighted by Gasteiger charge is -2.25. The Morgan fingerprint density at radius 3 is 2.50 bits per heavy atom. The molecule has 0 aromatic rings. The Kier molecular flexibility index (Phi) is 12.5.